The number of hydrogen-bond acceptors (Lipinski definition) is 1. The second kappa shape index (κ2) is 11.9. The molecular weight excluding hydrogens is 243 g/mol. The Hall–Kier alpha value is 0.200. The summed E-state index contributed by atoms with van der Waals surface area (Å²) in [6.45, 7) is 3.81. The SMILES string of the molecule is CCC(=O)O.CCCCI. The molecule has 0 bridgehead atoms. The second-order valence-electron chi connectivity index (χ2n) is 1.79. The van der Waals surface area contributed by atoms with E-state index < -0.39 is 5.97 Å². The molecule has 0 atom stereocenters. The first-order chi connectivity index (χ1) is 4.68. The molecular formula is C7H15IO2. The first-order valence-electron chi connectivity index (χ1n) is 3.46. The van der Waals surface area contributed by atoms with E-state index in [1.54, 1.807) is 6.92 Å². The average molecular weight is 258 g/mol. The van der Waals surface area contributed by atoms with Crippen molar-refractivity contribution in [1.82, 2.24) is 0 Å². The molecule has 0 unspecified atom stereocenters. The van der Waals surface area contributed by atoms with Gasteiger partial charge >= 0.3 is 5.97 Å². The molecule has 0 aromatic heterocycles. The summed E-state index contributed by atoms with van der Waals surface area (Å²) in [7, 11) is 0. The van der Waals surface area contributed by atoms with Gasteiger partial charge in [0, 0.05) is 6.42 Å². The summed E-state index contributed by atoms with van der Waals surface area (Å²) in [6, 6.07) is 0. The summed E-state index contributed by atoms with van der Waals surface area (Å²) in [4.78, 5) is 9.37. The Balaban J connectivity index is 0. The molecule has 0 heterocycles. The van der Waals surface area contributed by atoms with Gasteiger partial charge in [0.1, 0.15) is 0 Å². The highest BCUT2D eigenvalue weighted by Gasteiger charge is 1.80. The van der Waals surface area contributed by atoms with Gasteiger partial charge in [-0.15, -0.1) is 0 Å². The highest BCUT2D eigenvalue weighted by molar-refractivity contribution is 14.1. The zero-order chi connectivity index (χ0) is 8.41. The minimum absolute atomic E-state index is 0.222. The number of alkyl halides is 1. The highest BCUT2D eigenvalue weighted by atomic mass is 127. The van der Waals surface area contributed by atoms with Gasteiger partial charge in [0.15, 0.2) is 0 Å². The number of unbranched alkanes of at least 4 members (excludes halogenated alkanes) is 1. The van der Waals surface area contributed by atoms with Crippen molar-refractivity contribution in [2.24, 2.45) is 0 Å². The number of hydrogen-bond donors (Lipinski definition) is 1. The van der Waals surface area contributed by atoms with Crippen LogP contribution in [0, 0.1) is 0 Å². The zero-order valence-electron chi connectivity index (χ0n) is 6.56. The maximum absolute atomic E-state index is 9.37. The van der Waals surface area contributed by atoms with E-state index in [0.29, 0.717) is 0 Å². The molecule has 0 fully saturated rings. The van der Waals surface area contributed by atoms with E-state index in [1.165, 1.54) is 17.3 Å². The van der Waals surface area contributed by atoms with E-state index in [1.807, 2.05) is 0 Å². The van der Waals surface area contributed by atoms with Crippen LogP contribution in [0.5, 0.6) is 0 Å². The summed E-state index contributed by atoms with van der Waals surface area (Å²) in [6.07, 6.45) is 2.93. The first-order valence-corrected chi connectivity index (χ1v) is 4.99. The van der Waals surface area contributed by atoms with Crippen molar-refractivity contribution in [3.8, 4) is 0 Å². The predicted molar refractivity (Wildman–Crippen MR) is 51.7 cm³/mol. The smallest absolute Gasteiger partial charge is 0.303 e. The zero-order valence-corrected chi connectivity index (χ0v) is 8.72. The molecule has 0 aliphatic carbocycles. The van der Waals surface area contributed by atoms with Crippen LogP contribution in [0.2, 0.25) is 0 Å². The summed E-state index contributed by atoms with van der Waals surface area (Å²) in [5, 5.41) is 7.72. The third-order valence-electron chi connectivity index (χ3n) is 0.790. The molecule has 62 valence electrons. The van der Waals surface area contributed by atoms with Crippen molar-refractivity contribution in [3.05, 3.63) is 0 Å². The van der Waals surface area contributed by atoms with Crippen LogP contribution in [0.4, 0.5) is 0 Å². The highest BCUT2D eigenvalue weighted by Crippen LogP contribution is 1.90. The van der Waals surface area contributed by atoms with Crippen LogP contribution in [-0.2, 0) is 4.79 Å². The van der Waals surface area contributed by atoms with Crippen LogP contribution >= 0.6 is 22.6 Å². The fourth-order valence-corrected chi connectivity index (χ4v) is 0.896. The van der Waals surface area contributed by atoms with Gasteiger partial charge < -0.3 is 5.11 Å². The summed E-state index contributed by atoms with van der Waals surface area (Å²) in [5.74, 6) is -0.745. The lowest BCUT2D eigenvalue weighted by atomic mass is 10.4. The topological polar surface area (TPSA) is 37.3 Å². The first kappa shape index (κ1) is 12.8. The van der Waals surface area contributed by atoms with Crippen LogP contribution in [0.3, 0.4) is 0 Å². The second-order valence-corrected chi connectivity index (χ2v) is 2.87. The summed E-state index contributed by atoms with van der Waals surface area (Å²) in [5.41, 5.74) is 0. The quantitative estimate of drug-likeness (QED) is 0.624. The lowest BCUT2D eigenvalue weighted by Gasteiger charge is -1.77. The van der Waals surface area contributed by atoms with Crippen molar-refractivity contribution in [2.75, 3.05) is 4.43 Å². The van der Waals surface area contributed by atoms with E-state index in [0.717, 1.165) is 0 Å². The Labute approximate surface area is 76.2 Å². The van der Waals surface area contributed by atoms with Crippen molar-refractivity contribution in [1.29, 1.82) is 0 Å². The number of carboxylic acid groups (broad SMARTS) is 1. The average Bonchev–Trinajstić information content (AvgIpc) is 1.91. The van der Waals surface area contributed by atoms with E-state index in [2.05, 4.69) is 29.5 Å². The Morgan fingerprint density at radius 2 is 1.90 bits per heavy atom. The van der Waals surface area contributed by atoms with Gasteiger partial charge in [-0.05, 0) is 10.8 Å². The molecule has 0 aromatic carbocycles. The number of aliphatic carboxylic acids is 1. The Kier molecular flexibility index (Phi) is 15.3. The van der Waals surface area contributed by atoms with E-state index in [9.17, 15) is 4.79 Å². The molecule has 2 nitrogen and oxygen atoms in total. The van der Waals surface area contributed by atoms with E-state index in [-0.39, 0.29) is 6.42 Å². The number of carboxylic acids is 1. The van der Waals surface area contributed by atoms with Crippen LogP contribution in [0.25, 0.3) is 0 Å². The van der Waals surface area contributed by atoms with Crippen LogP contribution < -0.4 is 0 Å². The number of halogens is 1. The van der Waals surface area contributed by atoms with E-state index >= 15 is 0 Å². The Morgan fingerprint density at radius 1 is 1.50 bits per heavy atom. The van der Waals surface area contributed by atoms with Crippen molar-refractivity contribution in [2.45, 2.75) is 33.1 Å². The van der Waals surface area contributed by atoms with Crippen molar-refractivity contribution in [3.63, 3.8) is 0 Å². The van der Waals surface area contributed by atoms with Crippen LogP contribution in [0.1, 0.15) is 33.1 Å². The molecule has 0 amide bonds. The number of rotatable bonds is 3. The largest absolute Gasteiger partial charge is 0.481 e. The monoisotopic (exact) mass is 258 g/mol. The summed E-state index contributed by atoms with van der Waals surface area (Å²) < 4.78 is 1.31. The molecule has 0 aromatic rings. The number of carbonyl (C=O) groups is 1. The van der Waals surface area contributed by atoms with Crippen molar-refractivity contribution >= 4 is 28.6 Å². The third kappa shape index (κ3) is 24.1. The molecule has 0 aliphatic heterocycles. The van der Waals surface area contributed by atoms with Gasteiger partial charge in [-0.2, -0.15) is 0 Å². The molecule has 0 radical (unpaired) electrons. The van der Waals surface area contributed by atoms with Crippen LogP contribution in [0.15, 0.2) is 0 Å². The minimum Gasteiger partial charge on any atom is -0.481 e. The van der Waals surface area contributed by atoms with Crippen molar-refractivity contribution < 1.29 is 9.90 Å². The third-order valence-corrected chi connectivity index (χ3v) is 1.55. The molecule has 3 heteroatoms. The summed E-state index contributed by atoms with van der Waals surface area (Å²) >= 11 is 2.39. The fraction of sp³-hybridized carbons (Fsp3) is 0.857. The van der Waals surface area contributed by atoms with Gasteiger partial charge in [0.25, 0.3) is 0 Å². The van der Waals surface area contributed by atoms with E-state index in [4.69, 9.17) is 5.11 Å². The fourth-order valence-electron chi connectivity index (χ4n) is 0.134. The van der Waals surface area contributed by atoms with Gasteiger partial charge in [-0.25, -0.2) is 0 Å². The molecule has 0 aliphatic rings. The molecule has 1 N–H and O–H groups in total. The molecule has 0 rings (SSSR count). The minimum atomic E-state index is -0.745. The maximum atomic E-state index is 9.37. The van der Waals surface area contributed by atoms with Gasteiger partial charge in [0.2, 0.25) is 0 Å². The lowest BCUT2D eigenvalue weighted by Crippen LogP contribution is -1.86. The van der Waals surface area contributed by atoms with Gasteiger partial charge in [0.05, 0.1) is 0 Å². The Morgan fingerprint density at radius 3 is 1.90 bits per heavy atom. The molecule has 0 saturated carbocycles. The Bertz CT molecular complexity index is 72.0. The molecule has 10 heavy (non-hydrogen) atoms. The molecule has 0 spiro atoms. The predicted octanol–water partition coefficient (Wildman–Crippen LogP) is 2.70. The molecule has 0 saturated heterocycles. The standard InChI is InChI=1S/C4H9I.C3H6O2/c1-2-3-4-5;1-2-3(4)5/h2-4H2,1H3;2H2,1H3,(H,4,5). The normalized spacial score (nSPS) is 7.90. The van der Waals surface area contributed by atoms with Gasteiger partial charge in [-0.3, -0.25) is 4.79 Å². The maximum Gasteiger partial charge on any atom is 0.303 e. The lowest BCUT2D eigenvalue weighted by molar-refractivity contribution is -0.136. The van der Waals surface area contributed by atoms with Gasteiger partial charge in [-0.1, -0.05) is 42.9 Å². The van der Waals surface area contributed by atoms with Crippen LogP contribution in [-0.4, -0.2) is 15.5 Å².